The summed E-state index contributed by atoms with van der Waals surface area (Å²) in [4.78, 5) is 27.3. The van der Waals surface area contributed by atoms with Gasteiger partial charge in [-0.05, 0) is 11.5 Å². The Balaban J connectivity index is 2.02. The van der Waals surface area contributed by atoms with Crippen molar-refractivity contribution >= 4 is 34.4 Å². The van der Waals surface area contributed by atoms with Gasteiger partial charge in [0, 0.05) is 29.4 Å². The Morgan fingerprint density at radius 1 is 1.39 bits per heavy atom. The number of carbonyl (C=O) groups is 1. The Morgan fingerprint density at radius 2 is 2.14 bits per heavy atom. The number of carboxylic acid groups (broad SMARTS) is 1. The predicted molar refractivity (Wildman–Crippen MR) is 106 cm³/mol. The summed E-state index contributed by atoms with van der Waals surface area (Å²) >= 11 is 6.26. The van der Waals surface area contributed by atoms with E-state index in [2.05, 4.69) is 31.3 Å². The zero-order valence-electron chi connectivity index (χ0n) is 15.6. The van der Waals surface area contributed by atoms with E-state index in [9.17, 15) is 9.90 Å². The average Bonchev–Trinajstić information content (AvgIpc) is 3.04. The molecular formula is C19H19ClN6O2. The number of fused-ring (bicyclic) bond motifs is 1. The Kier molecular flexibility index (Phi) is 5.21. The van der Waals surface area contributed by atoms with E-state index in [1.807, 2.05) is 20.8 Å². The van der Waals surface area contributed by atoms with Gasteiger partial charge in [-0.3, -0.25) is 4.79 Å². The summed E-state index contributed by atoms with van der Waals surface area (Å²) in [5.74, 6) is -0.172. The van der Waals surface area contributed by atoms with Gasteiger partial charge in [0.25, 0.3) is 0 Å². The second kappa shape index (κ2) is 7.44. The van der Waals surface area contributed by atoms with Crippen molar-refractivity contribution in [2.24, 2.45) is 5.41 Å². The highest BCUT2D eigenvalue weighted by molar-refractivity contribution is 6.32. The standard InChI is InChI=1S/C19H19ClN6O2/c1-19(2,3)14(5-15(27)28)25-18-13(20)9-24-17(26-18)12-8-23-16-11(12)4-10(6-21)7-22-16/h4,7-9,14H,5H2,1-3H3,(H,22,23)(H,27,28)(H,24,25,26)/t14-/m1/s1. The van der Waals surface area contributed by atoms with Gasteiger partial charge in [-0.1, -0.05) is 32.4 Å². The zero-order valence-corrected chi connectivity index (χ0v) is 16.4. The van der Waals surface area contributed by atoms with E-state index < -0.39 is 5.97 Å². The number of pyridine rings is 1. The van der Waals surface area contributed by atoms with E-state index in [-0.39, 0.29) is 17.9 Å². The fourth-order valence-electron chi connectivity index (χ4n) is 2.76. The second-order valence-electron chi connectivity index (χ2n) is 7.49. The molecule has 0 spiro atoms. The molecule has 0 fully saturated rings. The molecule has 28 heavy (non-hydrogen) atoms. The normalized spacial score (nSPS) is 12.5. The first-order valence-electron chi connectivity index (χ1n) is 8.57. The molecule has 0 radical (unpaired) electrons. The number of anilines is 1. The first kappa shape index (κ1) is 19.6. The molecule has 1 atom stereocenters. The van der Waals surface area contributed by atoms with Crippen molar-refractivity contribution in [3.05, 3.63) is 35.2 Å². The van der Waals surface area contributed by atoms with Crippen LogP contribution < -0.4 is 5.32 Å². The topological polar surface area (TPSA) is 128 Å². The van der Waals surface area contributed by atoms with Gasteiger partial charge < -0.3 is 15.4 Å². The van der Waals surface area contributed by atoms with Crippen LogP contribution in [0, 0.1) is 16.7 Å². The van der Waals surface area contributed by atoms with Gasteiger partial charge >= 0.3 is 5.97 Å². The lowest BCUT2D eigenvalue weighted by Gasteiger charge is -2.31. The monoisotopic (exact) mass is 398 g/mol. The summed E-state index contributed by atoms with van der Waals surface area (Å²) in [7, 11) is 0. The summed E-state index contributed by atoms with van der Waals surface area (Å²) in [5.41, 5.74) is 1.37. The van der Waals surface area contributed by atoms with Crippen molar-refractivity contribution in [1.29, 1.82) is 5.26 Å². The molecule has 0 aliphatic heterocycles. The van der Waals surface area contributed by atoms with Crippen LogP contribution in [0.25, 0.3) is 22.4 Å². The Bertz CT molecular complexity index is 1080. The minimum atomic E-state index is -0.912. The van der Waals surface area contributed by atoms with Gasteiger partial charge in [0.15, 0.2) is 5.82 Å². The number of aromatic nitrogens is 4. The zero-order chi connectivity index (χ0) is 20.5. The molecule has 0 aliphatic carbocycles. The van der Waals surface area contributed by atoms with E-state index in [0.29, 0.717) is 38.8 Å². The first-order chi connectivity index (χ1) is 13.2. The number of rotatable bonds is 5. The number of aromatic amines is 1. The van der Waals surface area contributed by atoms with Gasteiger partial charge in [0.05, 0.1) is 18.2 Å². The molecule has 3 rings (SSSR count). The van der Waals surface area contributed by atoms with Crippen LogP contribution in [0.1, 0.15) is 32.8 Å². The first-order valence-corrected chi connectivity index (χ1v) is 8.95. The molecule has 3 aromatic heterocycles. The molecular weight excluding hydrogens is 380 g/mol. The van der Waals surface area contributed by atoms with Crippen LogP contribution in [0.4, 0.5) is 5.82 Å². The maximum Gasteiger partial charge on any atom is 0.305 e. The van der Waals surface area contributed by atoms with Crippen LogP contribution in [0.3, 0.4) is 0 Å². The fraction of sp³-hybridized carbons (Fsp3) is 0.316. The van der Waals surface area contributed by atoms with Crippen molar-refractivity contribution in [2.45, 2.75) is 33.2 Å². The van der Waals surface area contributed by atoms with Crippen LogP contribution in [0.2, 0.25) is 5.02 Å². The van der Waals surface area contributed by atoms with Crippen LogP contribution in [0.5, 0.6) is 0 Å². The molecule has 3 heterocycles. The molecule has 8 nitrogen and oxygen atoms in total. The Hall–Kier alpha value is -3.18. The van der Waals surface area contributed by atoms with Crippen molar-refractivity contribution in [3.63, 3.8) is 0 Å². The average molecular weight is 399 g/mol. The van der Waals surface area contributed by atoms with Gasteiger partial charge in [-0.15, -0.1) is 0 Å². The third kappa shape index (κ3) is 4.05. The van der Waals surface area contributed by atoms with Gasteiger partial charge in [-0.2, -0.15) is 5.26 Å². The lowest BCUT2D eigenvalue weighted by Crippen LogP contribution is -2.36. The number of H-pyrrole nitrogens is 1. The summed E-state index contributed by atoms with van der Waals surface area (Å²) < 4.78 is 0. The van der Waals surface area contributed by atoms with E-state index in [4.69, 9.17) is 16.9 Å². The molecule has 3 aromatic rings. The second-order valence-corrected chi connectivity index (χ2v) is 7.89. The number of hydrogen-bond acceptors (Lipinski definition) is 6. The van der Waals surface area contributed by atoms with Gasteiger partial charge in [0.2, 0.25) is 0 Å². The third-order valence-corrected chi connectivity index (χ3v) is 4.66. The molecule has 3 N–H and O–H groups in total. The van der Waals surface area contributed by atoms with E-state index in [0.717, 1.165) is 0 Å². The Labute approximate surface area is 166 Å². The van der Waals surface area contributed by atoms with Crippen LogP contribution in [0.15, 0.2) is 24.7 Å². The van der Waals surface area contributed by atoms with Gasteiger partial charge in [0.1, 0.15) is 22.6 Å². The summed E-state index contributed by atoms with van der Waals surface area (Å²) in [6, 6.07) is 3.38. The molecule has 9 heteroatoms. The largest absolute Gasteiger partial charge is 0.481 e. The molecule has 0 aromatic carbocycles. The van der Waals surface area contributed by atoms with E-state index >= 15 is 0 Å². The molecule has 0 bridgehead atoms. The number of nitrogens with one attached hydrogen (secondary N) is 2. The SMILES string of the molecule is CC(C)(C)[C@@H](CC(=O)O)Nc1nc(-c2c[nH]c3ncc(C#N)cc23)ncc1Cl. The highest BCUT2D eigenvalue weighted by Crippen LogP contribution is 2.31. The molecule has 0 unspecified atom stereocenters. The van der Waals surface area contributed by atoms with E-state index in [1.54, 1.807) is 12.3 Å². The highest BCUT2D eigenvalue weighted by atomic mass is 35.5. The number of nitriles is 1. The summed E-state index contributed by atoms with van der Waals surface area (Å²) in [5, 5.41) is 22.5. The maximum absolute atomic E-state index is 11.2. The van der Waals surface area contributed by atoms with Crippen molar-refractivity contribution < 1.29 is 9.90 Å². The van der Waals surface area contributed by atoms with Crippen molar-refractivity contribution in [3.8, 4) is 17.5 Å². The number of nitrogens with zero attached hydrogens (tertiary/aromatic N) is 4. The Morgan fingerprint density at radius 3 is 2.79 bits per heavy atom. The van der Waals surface area contributed by atoms with E-state index in [1.165, 1.54) is 12.4 Å². The van der Waals surface area contributed by atoms with Crippen molar-refractivity contribution in [2.75, 3.05) is 5.32 Å². The summed E-state index contributed by atoms with van der Waals surface area (Å²) in [6.45, 7) is 5.83. The fourth-order valence-corrected chi connectivity index (χ4v) is 2.91. The van der Waals surface area contributed by atoms with Crippen LogP contribution >= 0.6 is 11.6 Å². The van der Waals surface area contributed by atoms with Crippen LogP contribution in [-0.2, 0) is 4.79 Å². The molecule has 0 amide bonds. The number of carboxylic acids is 1. The molecule has 0 saturated heterocycles. The minimum Gasteiger partial charge on any atom is -0.481 e. The quantitative estimate of drug-likeness (QED) is 0.595. The number of aliphatic carboxylic acids is 1. The summed E-state index contributed by atoms with van der Waals surface area (Å²) in [6.07, 6.45) is 4.58. The van der Waals surface area contributed by atoms with Crippen LogP contribution in [-0.4, -0.2) is 37.1 Å². The van der Waals surface area contributed by atoms with Gasteiger partial charge in [-0.25, -0.2) is 15.0 Å². The molecule has 0 aliphatic rings. The number of halogens is 1. The lowest BCUT2D eigenvalue weighted by atomic mass is 9.85. The predicted octanol–water partition coefficient (Wildman–Crippen LogP) is 3.85. The lowest BCUT2D eigenvalue weighted by molar-refractivity contribution is -0.137. The highest BCUT2D eigenvalue weighted by Gasteiger charge is 2.28. The molecule has 144 valence electrons. The van der Waals surface area contributed by atoms with Crippen molar-refractivity contribution in [1.82, 2.24) is 19.9 Å². The maximum atomic E-state index is 11.2. The molecule has 0 saturated carbocycles. The number of hydrogen-bond donors (Lipinski definition) is 3. The third-order valence-electron chi connectivity index (χ3n) is 4.38. The minimum absolute atomic E-state index is 0.0816. The smallest absolute Gasteiger partial charge is 0.305 e.